The number of rotatable bonds is 6. The van der Waals surface area contributed by atoms with Gasteiger partial charge in [-0.25, -0.2) is 4.67 Å². The van der Waals surface area contributed by atoms with Crippen LogP contribution >= 0.6 is 8.53 Å². The summed E-state index contributed by atoms with van der Waals surface area (Å²) in [4.78, 5) is 0. The topological polar surface area (TPSA) is 45.5 Å². The van der Waals surface area contributed by atoms with Gasteiger partial charge in [0.25, 0.3) is 8.53 Å². The summed E-state index contributed by atoms with van der Waals surface area (Å²) in [5.41, 5.74) is 0. The molecule has 0 N–H and O–H groups in total. The van der Waals surface area contributed by atoms with Crippen LogP contribution in [-0.2, 0) is 9.05 Å². The van der Waals surface area contributed by atoms with Crippen molar-refractivity contribution in [1.82, 2.24) is 4.67 Å². The van der Waals surface area contributed by atoms with Gasteiger partial charge in [-0.15, -0.1) is 0 Å². The molecule has 0 radical (unpaired) electrons. The van der Waals surface area contributed by atoms with Crippen molar-refractivity contribution >= 4 is 8.53 Å². The molecule has 0 saturated carbocycles. The second kappa shape index (κ2) is 7.23. The van der Waals surface area contributed by atoms with E-state index in [1.807, 2.05) is 17.8 Å². The van der Waals surface area contributed by atoms with E-state index >= 15 is 0 Å². The van der Waals surface area contributed by atoms with Crippen molar-refractivity contribution < 1.29 is 9.05 Å². The first-order valence-corrected chi connectivity index (χ1v) is 5.33. The summed E-state index contributed by atoms with van der Waals surface area (Å²) < 4.78 is 12.6. The number of nitrogens with zero attached hydrogens (tertiary/aromatic N) is 2. The zero-order chi connectivity index (χ0) is 10.3. The van der Waals surface area contributed by atoms with Crippen LogP contribution in [0.4, 0.5) is 0 Å². The zero-order valence-corrected chi connectivity index (χ0v) is 9.54. The summed E-state index contributed by atoms with van der Waals surface area (Å²) in [5.74, 6) is 0. The van der Waals surface area contributed by atoms with Gasteiger partial charge in [-0.2, -0.15) is 5.26 Å². The molecule has 13 heavy (non-hydrogen) atoms. The van der Waals surface area contributed by atoms with Gasteiger partial charge in [-0.1, -0.05) is 0 Å². The van der Waals surface area contributed by atoms with Crippen LogP contribution in [0.3, 0.4) is 0 Å². The van der Waals surface area contributed by atoms with Gasteiger partial charge in [0, 0.05) is 13.2 Å². The molecule has 1 atom stereocenters. The molecular weight excluding hydrogens is 187 g/mol. The van der Waals surface area contributed by atoms with Gasteiger partial charge in [0.2, 0.25) is 0 Å². The first kappa shape index (κ1) is 12.8. The highest BCUT2D eigenvalue weighted by Crippen LogP contribution is 2.41. The van der Waals surface area contributed by atoms with Crippen molar-refractivity contribution in [2.24, 2.45) is 0 Å². The monoisotopic (exact) mass is 204 g/mol. The molecule has 0 aliphatic heterocycles. The van der Waals surface area contributed by atoms with Crippen molar-refractivity contribution in [3.8, 4) is 6.07 Å². The highest BCUT2D eigenvalue weighted by atomic mass is 31.2. The van der Waals surface area contributed by atoms with Crippen molar-refractivity contribution in [1.29, 1.82) is 5.26 Å². The molecule has 0 rings (SSSR count). The molecule has 0 saturated heterocycles. The highest BCUT2D eigenvalue weighted by molar-refractivity contribution is 7.44. The van der Waals surface area contributed by atoms with Crippen molar-refractivity contribution in [2.45, 2.75) is 26.3 Å². The number of hydrogen-bond acceptors (Lipinski definition) is 4. The minimum Gasteiger partial charge on any atom is -0.325 e. The quantitative estimate of drug-likeness (QED) is 0.491. The molecule has 0 aliphatic rings. The van der Waals surface area contributed by atoms with Crippen LogP contribution in [0.1, 0.15) is 20.3 Å². The Kier molecular flexibility index (Phi) is 7.12. The summed E-state index contributed by atoms with van der Waals surface area (Å²) in [5, 5.41) is 8.32. The molecule has 0 amide bonds. The first-order chi connectivity index (χ1) is 6.13. The fourth-order valence-electron chi connectivity index (χ4n) is 0.631. The van der Waals surface area contributed by atoms with Crippen LogP contribution in [0.25, 0.3) is 0 Å². The lowest BCUT2D eigenvalue weighted by Crippen LogP contribution is -2.22. The molecule has 0 bridgehead atoms. The Labute approximate surface area is 81.4 Å². The molecule has 76 valence electrons. The lowest BCUT2D eigenvalue weighted by atomic mass is 10.4. The molecule has 0 spiro atoms. The average Bonchev–Trinajstić information content (AvgIpc) is 2.11. The maximum absolute atomic E-state index is 8.32. The Bertz CT molecular complexity index is 170. The molecule has 0 aromatic rings. The van der Waals surface area contributed by atoms with E-state index in [2.05, 4.69) is 13.8 Å². The Morgan fingerprint density at radius 3 is 2.54 bits per heavy atom. The third-order valence-electron chi connectivity index (χ3n) is 1.58. The van der Waals surface area contributed by atoms with Crippen molar-refractivity contribution in [3.63, 3.8) is 0 Å². The SMILES string of the molecule is COP(OCCC#N)N(C)C(C)C. The normalized spacial score (nSPS) is 13.3. The van der Waals surface area contributed by atoms with Crippen LogP contribution in [0.2, 0.25) is 0 Å². The predicted molar refractivity (Wildman–Crippen MR) is 53.0 cm³/mol. The Morgan fingerprint density at radius 2 is 2.15 bits per heavy atom. The maximum Gasteiger partial charge on any atom is 0.258 e. The summed E-state index contributed by atoms with van der Waals surface area (Å²) >= 11 is 0. The summed E-state index contributed by atoms with van der Waals surface area (Å²) in [6.07, 6.45) is 0.411. The third kappa shape index (κ3) is 5.17. The molecule has 5 heteroatoms. The molecule has 0 aromatic heterocycles. The molecule has 1 unspecified atom stereocenters. The van der Waals surface area contributed by atoms with Gasteiger partial charge in [0.1, 0.15) is 0 Å². The molecular formula is C8H17N2O2P. The van der Waals surface area contributed by atoms with E-state index in [-0.39, 0.29) is 0 Å². The van der Waals surface area contributed by atoms with Crippen LogP contribution in [-0.4, -0.2) is 31.5 Å². The first-order valence-electron chi connectivity index (χ1n) is 4.20. The molecule has 0 aliphatic carbocycles. The van der Waals surface area contributed by atoms with E-state index in [1.165, 1.54) is 0 Å². The standard InChI is InChI=1S/C8H17N2O2P/c1-8(2)10(3)13(11-4)12-7-5-6-9/h8H,5,7H2,1-4H3. The van der Waals surface area contributed by atoms with Crippen molar-refractivity contribution in [2.75, 3.05) is 20.8 Å². The Morgan fingerprint density at radius 1 is 1.54 bits per heavy atom. The van der Waals surface area contributed by atoms with E-state index < -0.39 is 8.53 Å². The Balaban J connectivity index is 3.82. The van der Waals surface area contributed by atoms with Gasteiger partial charge < -0.3 is 9.05 Å². The van der Waals surface area contributed by atoms with Gasteiger partial charge in [0.05, 0.1) is 19.1 Å². The summed E-state index contributed by atoms with van der Waals surface area (Å²) in [6.45, 7) is 4.58. The molecule has 4 nitrogen and oxygen atoms in total. The van der Waals surface area contributed by atoms with Crippen LogP contribution in [0.5, 0.6) is 0 Å². The lowest BCUT2D eigenvalue weighted by Gasteiger charge is -2.27. The third-order valence-corrected chi connectivity index (χ3v) is 3.27. The number of nitriles is 1. The van der Waals surface area contributed by atoms with Crippen LogP contribution < -0.4 is 0 Å². The summed E-state index contributed by atoms with van der Waals surface area (Å²) in [7, 11) is 2.58. The smallest absolute Gasteiger partial charge is 0.258 e. The lowest BCUT2D eigenvalue weighted by molar-refractivity contribution is 0.233. The fraction of sp³-hybridized carbons (Fsp3) is 0.875. The molecule has 0 aromatic carbocycles. The van der Waals surface area contributed by atoms with Crippen LogP contribution in [0.15, 0.2) is 0 Å². The van der Waals surface area contributed by atoms with E-state index in [1.54, 1.807) is 7.11 Å². The minimum atomic E-state index is -0.988. The van der Waals surface area contributed by atoms with Crippen molar-refractivity contribution in [3.05, 3.63) is 0 Å². The van der Waals surface area contributed by atoms with Gasteiger partial charge in [0.15, 0.2) is 0 Å². The minimum absolute atomic E-state index is 0.383. The average molecular weight is 204 g/mol. The molecule has 0 fully saturated rings. The second-order valence-corrected chi connectivity index (χ2v) is 4.56. The largest absolute Gasteiger partial charge is 0.325 e. The van der Waals surface area contributed by atoms with Gasteiger partial charge >= 0.3 is 0 Å². The number of hydrogen-bond donors (Lipinski definition) is 0. The maximum atomic E-state index is 8.32. The van der Waals surface area contributed by atoms with Gasteiger partial charge in [-0.3, -0.25) is 0 Å². The summed E-state index contributed by atoms with van der Waals surface area (Å²) in [6, 6.07) is 2.41. The van der Waals surface area contributed by atoms with E-state index in [4.69, 9.17) is 14.3 Å². The van der Waals surface area contributed by atoms with Crippen LogP contribution in [0, 0.1) is 11.3 Å². The van der Waals surface area contributed by atoms with E-state index in [9.17, 15) is 0 Å². The zero-order valence-electron chi connectivity index (χ0n) is 8.65. The van der Waals surface area contributed by atoms with E-state index in [0.29, 0.717) is 19.1 Å². The highest BCUT2D eigenvalue weighted by Gasteiger charge is 2.18. The predicted octanol–water partition coefficient (Wildman–Crippen LogP) is 2.13. The van der Waals surface area contributed by atoms with Gasteiger partial charge in [-0.05, 0) is 20.9 Å². The van der Waals surface area contributed by atoms with E-state index in [0.717, 1.165) is 0 Å². The fourth-order valence-corrected chi connectivity index (χ4v) is 1.80. The Hall–Kier alpha value is -0.200. The molecule has 0 heterocycles. The second-order valence-electron chi connectivity index (χ2n) is 2.83.